The summed E-state index contributed by atoms with van der Waals surface area (Å²) in [4.78, 5) is 13.0. The first kappa shape index (κ1) is 17.5. The van der Waals surface area contributed by atoms with Gasteiger partial charge in [0.1, 0.15) is 5.75 Å². The molecule has 7 nitrogen and oxygen atoms in total. The van der Waals surface area contributed by atoms with Gasteiger partial charge in [-0.25, -0.2) is 13.2 Å². The number of hydrogen-bond donors (Lipinski definition) is 1. The molecule has 1 N–H and O–H groups in total. The van der Waals surface area contributed by atoms with Crippen LogP contribution in [0.25, 0.3) is 0 Å². The summed E-state index contributed by atoms with van der Waals surface area (Å²) in [5.74, 6) is -0.976. The van der Waals surface area contributed by atoms with Gasteiger partial charge in [-0.3, -0.25) is 4.90 Å². The molecule has 0 radical (unpaired) electrons. The van der Waals surface area contributed by atoms with Gasteiger partial charge in [0.25, 0.3) is 0 Å². The number of rotatable bonds is 5. The highest BCUT2D eigenvalue weighted by molar-refractivity contribution is 7.89. The van der Waals surface area contributed by atoms with Crippen molar-refractivity contribution in [2.75, 3.05) is 32.8 Å². The fourth-order valence-electron chi connectivity index (χ4n) is 3.23. The third-order valence-corrected chi connectivity index (χ3v) is 6.60. The first-order valence-electron chi connectivity index (χ1n) is 7.76. The zero-order chi connectivity index (χ0) is 17.3. The average molecular weight is 375 g/mol. The number of carboxylic acid groups (broad SMARTS) is 1. The molecule has 0 spiro atoms. The first-order chi connectivity index (χ1) is 11.4. The molecule has 2 aliphatic rings. The van der Waals surface area contributed by atoms with Gasteiger partial charge in [-0.2, -0.15) is 4.31 Å². The normalized spacial score (nSPS) is 22.3. The van der Waals surface area contributed by atoms with E-state index in [2.05, 4.69) is 4.90 Å². The number of halogens is 1. The van der Waals surface area contributed by atoms with E-state index in [1.807, 2.05) is 0 Å². The van der Waals surface area contributed by atoms with Crippen LogP contribution in [0, 0.1) is 0 Å². The maximum atomic E-state index is 12.8. The van der Waals surface area contributed by atoms with Crippen LogP contribution in [0.3, 0.4) is 0 Å². The van der Waals surface area contributed by atoms with Crippen molar-refractivity contribution < 1.29 is 23.1 Å². The molecule has 1 unspecified atom stereocenters. The number of piperazine rings is 1. The van der Waals surface area contributed by atoms with Crippen LogP contribution in [0.15, 0.2) is 23.1 Å². The Balaban J connectivity index is 1.77. The van der Waals surface area contributed by atoms with Crippen molar-refractivity contribution in [3.63, 3.8) is 0 Å². The Morgan fingerprint density at radius 2 is 2.12 bits per heavy atom. The number of carbonyl (C=O) groups is 1. The Morgan fingerprint density at radius 1 is 1.33 bits per heavy atom. The highest BCUT2D eigenvalue weighted by atomic mass is 35.5. The minimum atomic E-state index is -3.62. The molecule has 2 fully saturated rings. The lowest BCUT2D eigenvalue weighted by Gasteiger charge is -2.36. The molecule has 2 aliphatic heterocycles. The SMILES string of the molecule is O=C(O)COc1ccc(S(=O)(=O)N2CCN3CCCC3C2)cc1Cl. The van der Waals surface area contributed by atoms with E-state index in [9.17, 15) is 13.2 Å². The molecule has 2 saturated heterocycles. The molecule has 0 aliphatic carbocycles. The lowest BCUT2D eigenvalue weighted by molar-refractivity contribution is -0.139. The maximum Gasteiger partial charge on any atom is 0.341 e. The van der Waals surface area contributed by atoms with Crippen LogP contribution in [-0.2, 0) is 14.8 Å². The molecule has 0 aromatic heterocycles. The van der Waals surface area contributed by atoms with E-state index in [1.165, 1.54) is 22.5 Å². The number of hydrogen-bond acceptors (Lipinski definition) is 5. The van der Waals surface area contributed by atoms with Gasteiger partial charge in [0, 0.05) is 25.7 Å². The lowest BCUT2D eigenvalue weighted by atomic mass is 10.2. The van der Waals surface area contributed by atoms with E-state index in [0.717, 1.165) is 25.9 Å². The first-order valence-corrected chi connectivity index (χ1v) is 9.58. The molecule has 9 heteroatoms. The smallest absolute Gasteiger partial charge is 0.341 e. The third kappa shape index (κ3) is 3.51. The van der Waals surface area contributed by atoms with E-state index in [-0.39, 0.29) is 15.7 Å². The quantitative estimate of drug-likeness (QED) is 0.835. The Morgan fingerprint density at radius 3 is 2.83 bits per heavy atom. The van der Waals surface area contributed by atoms with Crippen LogP contribution in [0.4, 0.5) is 0 Å². The van der Waals surface area contributed by atoms with E-state index in [0.29, 0.717) is 19.1 Å². The standard InChI is InChI=1S/C15H19ClN2O5S/c16-13-8-12(3-4-14(13)23-10-15(19)20)24(21,22)18-7-6-17-5-1-2-11(17)9-18/h3-4,8,11H,1-2,5-7,9-10H2,(H,19,20). The summed E-state index contributed by atoms with van der Waals surface area (Å²) in [7, 11) is -3.62. The molecule has 1 atom stereocenters. The topological polar surface area (TPSA) is 87.1 Å². The van der Waals surface area contributed by atoms with Gasteiger partial charge >= 0.3 is 5.97 Å². The van der Waals surface area contributed by atoms with Crippen LogP contribution in [0.1, 0.15) is 12.8 Å². The van der Waals surface area contributed by atoms with Crippen molar-refractivity contribution in [1.82, 2.24) is 9.21 Å². The molecule has 24 heavy (non-hydrogen) atoms. The Labute approximate surface area is 145 Å². The fraction of sp³-hybridized carbons (Fsp3) is 0.533. The van der Waals surface area contributed by atoms with E-state index in [4.69, 9.17) is 21.4 Å². The number of benzene rings is 1. The molecule has 1 aromatic carbocycles. The summed E-state index contributed by atoms with van der Waals surface area (Å²) in [5, 5.41) is 8.70. The molecule has 0 bridgehead atoms. The molecule has 2 heterocycles. The van der Waals surface area contributed by atoms with Gasteiger partial charge in [0.15, 0.2) is 6.61 Å². The minimum absolute atomic E-state index is 0.0804. The van der Waals surface area contributed by atoms with E-state index in [1.54, 1.807) is 0 Å². The zero-order valence-electron chi connectivity index (χ0n) is 13.0. The number of fused-ring (bicyclic) bond motifs is 1. The van der Waals surface area contributed by atoms with Crippen molar-refractivity contribution >= 4 is 27.6 Å². The minimum Gasteiger partial charge on any atom is -0.480 e. The van der Waals surface area contributed by atoms with Crippen LogP contribution in [-0.4, -0.2) is 67.5 Å². The average Bonchev–Trinajstić information content (AvgIpc) is 3.01. The van der Waals surface area contributed by atoms with Crippen LogP contribution < -0.4 is 4.74 Å². The summed E-state index contributed by atoms with van der Waals surface area (Å²) in [5.41, 5.74) is 0. The van der Waals surface area contributed by atoms with Crippen LogP contribution in [0.2, 0.25) is 5.02 Å². The Kier molecular flexibility index (Phi) is 5.00. The Hall–Kier alpha value is -1.35. The second kappa shape index (κ2) is 6.87. The highest BCUT2D eigenvalue weighted by Crippen LogP contribution is 2.30. The van der Waals surface area contributed by atoms with Crippen molar-refractivity contribution in [1.29, 1.82) is 0 Å². The van der Waals surface area contributed by atoms with Gasteiger partial charge in [-0.15, -0.1) is 0 Å². The number of aliphatic carboxylic acids is 1. The van der Waals surface area contributed by atoms with Gasteiger partial charge < -0.3 is 9.84 Å². The summed E-state index contributed by atoms with van der Waals surface area (Å²) in [6, 6.07) is 4.40. The summed E-state index contributed by atoms with van der Waals surface area (Å²) in [6.07, 6.45) is 2.13. The summed E-state index contributed by atoms with van der Waals surface area (Å²) < 4.78 is 32.2. The van der Waals surface area contributed by atoms with Crippen molar-refractivity contribution in [2.45, 2.75) is 23.8 Å². The number of nitrogens with zero attached hydrogens (tertiary/aromatic N) is 2. The van der Waals surface area contributed by atoms with Gasteiger partial charge in [-0.05, 0) is 37.6 Å². The van der Waals surface area contributed by atoms with E-state index < -0.39 is 22.6 Å². The second-order valence-electron chi connectivity index (χ2n) is 5.97. The fourth-order valence-corrected chi connectivity index (χ4v) is 5.02. The summed E-state index contributed by atoms with van der Waals surface area (Å²) >= 11 is 6.04. The van der Waals surface area contributed by atoms with E-state index >= 15 is 0 Å². The number of sulfonamides is 1. The van der Waals surface area contributed by atoms with Gasteiger partial charge in [-0.1, -0.05) is 11.6 Å². The van der Waals surface area contributed by atoms with Gasteiger partial charge in [0.05, 0.1) is 9.92 Å². The molecule has 1 aromatic rings. The third-order valence-electron chi connectivity index (χ3n) is 4.44. The van der Waals surface area contributed by atoms with Crippen molar-refractivity contribution in [3.8, 4) is 5.75 Å². The molecule has 3 rings (SSSR count). The monoisotopic (exact) mass is 374 g/mol. The largest absolute Gasteiger partial charge is 0.480 e. The predicted octanol–water partition coefficient (Wildman–Crippen LogP) is 1.27. The number of carboxylic acids is 1. The van der Waals surface area contributed by atoms with Gasteiger partial charge in [0.2, 0.25) is 10.0 Å². The molecular weight excluding hydrogens is 356 g/mol. The van der Waals surface area contributed by atoms with Crippen molar-refractivity contribution in [3.05, 3.63) is 23.2 Å². The molecular formula is C15H19ClN2O5S. The van der Waals surface area contributed by atoms with Crippen LogP contribution >= 0.6 is 11.6 Å². The predicted molar refractivity (Wildman–Crippen MR) is 87.9 cm³/mol. The number of ether oxygens (including phenoxy) is 1. The summed E-state index contributed by atoms with van der Waals surface area (Å²) in [6.45, 7) is 2.22. The molecule has 0 amide bonds. The molecule has 0 saturated carbocycles. The Bertz CT molecular complexity index is 739. The zero-order valence-corrected chi connectivity index (χ0v) is 14.6. The van der Waals surface area contributed by atoms with Crippen LogP contribution in [0.5, 0.6) is 5.75 Å². The second-order valence-corrected chi connectivity index (χ2v) is 8.31. The highest BCUT2D eigenvalue weighted by Gasteiger charge is 2.36. The van der Waals surface area contributed by atoms with Crippen molar-refractivity contribution in [2.24, 2.45) is 0 Å². The maximum absolute atomic E-state index is 12.8. The molecule has 132 valence electrons. The lowest BCUT2D eigenvalue weighted by Crippen LogP contribution is -2.51.